The van der Waals surface area contributed by atoms with E-state index in [1.807, 2.05) is 13.8 Å². The van der Waals surface area contributed by atoms with Crippen LogP contribution in [0.15, 0.2) is 30.3 Å². The van der Waals surface area contributed by atoms with Crippen molar-refractivity contribution in [2.75, 3.05) is 5.32 Å². The van der Waals surface area contributed by atoms with Gasteiger partial charge in [0.25, 0.3) is 11.8 Å². The van der Waals surface area contributed by atoms with E-state index in [1.54, 1.807) is 12.1 Å². The van der Waals surface area contributed by atoms with Gasteiger partial charge in [0.15, 0.2) is 0 Å². The summed E-state index contributed by atoms with van der Waals surface area (Å²) in [5, 5.41) is 3.66. The molecule has 0 spiro atoms. The standard InChI is InChI=1S/C20H16Cl4N2O3/c1-9(2)5-17(18(27)25-16-4-3-10(21)6-15(16)24)26-19(28)11-7-13(22)14(23)8-12(11)20(26)29/h3-4,6-9,17H,5H2,1-2H3,(H,25,27). The van der Waals surface area contributed by atoms with Gasteiger partial charge in [-0.15, -0.1) is 0 Å². The number of rotatable bonds is 5. The Morgan fingerprint density at radius 2 is 1.48 bits per heavy atom. The van der Waals surface area contributed by atoms with Crippen molar-refractivity contribution >= 4 is 69.8 Å². The second-order valence-electron chi connectivity index (χ2n) is 7.05. The third kappa shape index (κ3) is 4.38. The predicted octanol–water partition coefficient (Wildman–Crippen LogP) is 5.95. The maximum Gasteiger partial charge on any atom is 0.262 e. The lowest BCUT2D eigenvalue weighted by Crippen LogP contribution is -2.48. The van der Waals surface area contributed by atoms with Gasteiger partial charge < -0.3 is 5.32 Å². The molecule has 1 N–H and O–H groups in total. The van der Waals surface area contributed by atoms with Gasteiger partial charge >= 0.3 is 0 Å². The Bertz CT molecular complexity index is 982. The summed E-state index contributed by atoms with van der Waals surface area (Å²) >= 11 is 24.0. The van der Waals surface area contributed by atoms with E-state index in [1.165, 1.54) is 18.2 Å². The first-order valence-corrected chi connectivity index (χ1v) is 10.2. The first-order valence-electron chi connectivity index (χ1n) is 8.73. The molecule has 0 aromatic heterocycles. The average Bonchev–Trinajstić information content (AvgIpc) is 2.86. The number of hydrogen-bond acceptors (Lipinski definition) is 3. The fraction of sp³-hybridized carbons (Fsp3) is 0.250. The van der Waals surface area contributed by atoms with Crippen LogP contribution in [0, 0.1) is 5.92 Å². The predicted molar refractivity (Wildman–Crippen MR) is 115 cm³/mol. The molecule has 0 bridgehead atoms. The van der Waals surface area contributed by atoms with Crippen LogP contribution in [0.1, 0.15) is 41.0 Å². The summed E-state index contributed by atoms with van der Waals surface area (Å²) in [5.74, 6) is -1.68. The maximum absolute atomic E-state index is 13.0. The Balaban J connectivity index is 1.95. The zero-order valence-corrected chi connectivity index (χ0v) is 18.5. The zero-order valence-electron chi connectivity index (χ0n) is 15.4. The number of carbonyl (C=O) groups is 3. The van der Waals surface area contributed by atoms with E-state index in [0.717, 1.165) is 4.90 Å². The lowest BCUT2D eigenvalue weighted by atomic mass is 10.0. The Hall–Kier alpha value is -1.79. The van der Waals surface area contributed by atoms with E-state index in [0.29, 0.717) is 10.7 Å². The van der Waals surface area contributed by atoms with Crippen molar-refractivity contribution in [1.29, 1.82) is 0 Å². The van der Waals surface area contributed by atoms with Gasteiger partial charge in [-0.2, -0.15) is 0 Å². The second kappa shape index (κ2) is 8.52. The largest absolute Gasteiger partial charge is 0.323 e. The fourth-order valence-electron chi connectivity index (χ4n) is 3.12. The van der Waals surface area contributed by atoms with Crippen LogP contribution in [0.3, 0.4) is 0 Å². The SMILES string of the molecule is CC(C)CC(C(=O)Nc1ccc(Cl)cc1Cl)N1C(=O)c2cc(Cl)c(Cl)cc2C1=O. The van der Waals surface area contributed by atoms with Crippen LogP contribution in [-0.2, 0) is 4.79 Å². The molecule has 0 radical (unpaired) electrons. The maximum atomic E-state index is 13.0. The van der Waals surface area contributed by atoms with Gasteiger partial charge in [-0.1, -0.05) is 60.3 Å². The van der Waals surface area contributed by atoms with Gasteiger partial charge in [0.1, 0.15) is 6.04 Å². The minimum absolute atomic E-state index is 0.0305. The van der Waals surface area contributed by atoms with Gasteiger partial charge in [-0.25, -0.2) is 0 Å². The van der Waals surface area contributed by atoms with E-state index >= 15 is 0 Å². The summed E-state index contributed by atoms with van der Waals surface area (Å²) in [6, 6.07) is 6.28. The van der Waals surface area contributed by atoms with Crippen molar-refractivity contribution in [2.45, 2.75) is 26.3 Å². The molecule has 2 aromatic carbocycles. The number of imide groups is 1. The van der Waals surface area contributed by atoms with Gasteiger partial charge in [0, 0.05) is 5.02 Å². The minimum Gasteiger partial charge on any atom is -0.323 e. The molecule has 1 aliphatic rings. The number of halogens is 4. The molecule has 5 nitrogen and oxygen atoms in total. The second-order valence-corrected chi connectivity index (χ2v) is 8.71. The van der Waals surface area contributed by atoms with Gasteiger partial charge in [-0.3, -0.25) is 19.3 Å². The van der Waals surface area contributed by atoms with E-state index in [4.69, 9.17) is 46.4 Å². The molecule has 0 aliphatic carbocycles. The molecule has 9 heteroatoms. The third-order valence-electron chi connectivity index (χ3n) is 4.46. The summed E-state index contributed by atoms with van der Waals surface area (Å²) in [6.07, 6.45) is 0.268. The van der Waals surface area contributed by atoms with Crippen LogP contribution in [0.5, 0.6) is 0 Å². The van der Waals surface area contributed by atoms with E-state index in [2.05, 4.69) is 5.32 Å². The molecular weight excluding hydrogens is 458 g/mol. The zero-order chi connectivity index (χ0) is 21.5. The molecule has 3 amide bonds. The van der Waals surface area contributed by atoms with Crippen molar-refractivity contribution < 1.29 is 14.4 Å². The van der Waals surface area contributed by atoms with Crippen LogP contribution in [-0.4, -0.2) is 28.7 Å². The van der Waals surface area contributed by atoms with Crippen LogP contribution >= 0.6 is 46.4 Å². The molecule has 2 aromatic rings. The topological polar surface area (TPSA) is 66.5 Å². The number of hydrogen-bond donors (Lipinski definition) is 1. The molecule has 1 heterocycles. The van der Waals surface area contributed by atoms with Gasteiger partial charge in [-0.05, 0) is 42.7 Å². The van der Waals surface area contributed by atoms with Crippen molar-refractivity contribution in [2.24, 2.45) is 5.92 Å². The number of nitrogens with one attached hydrogen (secondary N) is 1. The lowest BCUT2D eigenvalue weighted by molar-refractivity contribution is -0.120. The first-order chi connectivity index (χ1) is 13.6. The molecular formula is C20H16Cl4N2O3. The van der Waals surface area contributed by atoms with E-state index < -0.39 is 23.8 Å². The summed E-state index contributed by atoms with van der Waals surface area (Å²) in [5.41, 5.74) is 0.573. The Morgan fingerprint density at radius 1 is 0.931 bits per heavy atom. The Morgan fingerprint density at radius 3 is 1.97 bits per heavy atom. The van der Waals surface area contributed by atoms with E-state index in [-0.39, 0.29) is 38.5 Å². The quantitative estimate of drug-likeness (QED) is 0.545. The molecule has 3 rings (SSSR count). The van der Waals surface area contributed by atoms with Crippen molar-refractivity contribution in [3.63, 3.8) is 0 Å². The van der Waals surface area contributed by atoms with Crippen molar-refractivity contribution in [1.82, 2.24) is 4.90 Å². The van der Waals surface area contributed by atoms with Gasteiger partial charge in [0.05, 0.1) is 31.9 Å². The Labute approximate surface area is 187 Å². The number of amides is 3. The number of carbonyl (C=O) groups excluding carboxylic acids is 3. The monoisotopic (exact) mass is 472 g/mol. The average molecular weight is 474 g/mol. The highest BCUT2D eigenvalue weighted by molar-refractivity contribution is 6.43. The summed E-state index contributed by atoms with van der Waals surface area (Å²) in [7, 11) is 0. The highest BCUT2D eigenvalue weighted by Crippen LogP contribution is 2.34. The number of fused-ring (bicyclic) bond motifs is 1. The molecule has 0 saturated carbocycles. The summed E-state index contributed by atoms with van der Waals surface area (Å²) in [6.45, 7) is 3.78. The first kappa shape index (κ1) is 21.9. The summed E-state index contributed by atoms with van der Waals surface area (Å²) < 4.78 is 0. The van der Waals surface area contributed by atoms with Crippen LogP contribution in [0.2, 0.25) is 20.1 Å². The number of nitrogens with zero attached hydrogens (tertiary/aromatic N) is 1. The van der Waals surface area contributed by atoms with Crippen LogP contribution < -0.4 is 5.32 Å². The van der Waals surface area contributed by atoms with Crippen LogP contribution in [0.4, 0.5) is 5.69 Å². The Kier molecular flexibility index (Phi) is 6.44. The molecule has 0 saturated heterocycles. The lowest BCUT2D eigenvalue weighted by Gasteiger charge is -2.27. The molecule has 0 fully saturated rings. The van der Waals surface area contributed by atoms with Gasteiger partial charge in [0.2, 0.25) is 5.91 Å². The van der Waals surface area contributed by atoms with Crippen molar-refractivity contribution in [3.8, 4) is 0 Å². The molecule has 29 heavy (non-hydrogen) atoms. The number of anilines is 1. The van der Waals surface area contributed by atoms with E-state index in [9.17, 15) is 14.4 Å². The third-order valence-corrected chi connectivity index (χ3v) is 5.73. The molecule has 1 aliphatic heterocycles. The highest BCUT2D eigenvalue weighted by Gasteiger charge is 2.43. The number of benzene rings is 2. The molecule has 152 valence electrons. The smallest absolute Gasteiger partial charge is 0.262 e. The van der Waals surface area contributed by atoms with Crippen molar-refractivity contribution in [3.05, 3.63) is 61.5 Å². The van der Waals surface area contributed by atoms with Crippen LogP contribution in [0.25, 0.3) is 0 Å². The molecule has 1 atom stereocenters. The minimum atomic E-state index is -1.04. The summed E-state index contributed by atoms with van der Waals surface area (Å²) in [4.78, 5) is 39.9. The fourth-order valence-corrected chi connectivity index (χ4v) is 3.90. The molecule has 1 unspecified atom stereocenters. The highest BCUT2D eigenvalue weighted by atomic mass is 35.5. The normalized spacial score (nSPS) is 14.4.